The molecule has 7 heteroatoms. The van der Waals surface area contributed by atoms with Crippen molar-refractivity contribution in [3.63, 3.8) is 0 Å². The summed E-state index contributed by atoms with van der Waals surface area (Å²) in [6.07, 6.45) is 3.07. The fourth-order valence-corrected chi connectivity index (χ4v) is 2.28. The zero-order chi connectivity index (χ0) is 14.6. The minimum atomic E-state index is -0.425. The summed E-state index contributed by atoms with van der Waals surface area (Å²) >= 11 is 0. The van der Waals surface area contributed by atoms with Crippen LogP contribution >= 0.6 is 0 Å². The van der Waals surface area contributed by atoms with Crippen molar-refractivity contribution in [2.75, 3.05) is 30.8 Å². The summed E-state index contributed by atoms with van der Waals surface area (Å²) in [6.45, 7) is 3.20. The minimum absolute atomic E-state index is 0.0165. The molecule has 0 spiro atoms. The molecule has 0 amide bonds. The first-order chi connectivity index (χ1) is 9.60. The third-order valence-electron chi connectivity index (χ3n) is 3.70. The van der Waals surface area contributed by atoms with E-state index >= 15 is 0 Å². The third kappa shape index (κ3) is 2.98. The molecule has 0 saturated heterocycles. The molecule has 1 aliphatic rings. The molecule has 1 fully saturated rings. The number of nitro groups is 1. The summed E-state index contributed by atoms with van der Waals surface area (Å²) in [5.74, 6) is 0.914. The van der Waals surface area contributed by atoms with Crippen LogP contribution in [-0.2, 0) is 4.74 Å². The van der Waals surface area contributed by atoms with Crippen LogP contribution in [0, 0.1) is 10.1 Å². The summed E-state index contributed by atoms with van der Waals surface area (Å²) < 4.78 is 5.50. The number of methoxy groups -OCH3 is 1. The number of hydrogen-bond acceptors (Lipinski definition) is 6. The fourth-order valence-electron chi connectivity index (χ4n) is 2.28. The number of nitrogens with one attached hydrogen (secondary N) is 2. The lowest BCUT2D eigenvalue weighted by atomic mass is 9.80. The van der Waals surface area contributed by atoms with E-state index in [0.717, 1.165) is 19.3 Å². The Morgan fingerprint density at radius 1 is 1.45 bits per heavy atom. The van der Waals surface area contributed by atoms with E-state index in [2.05, 4.69) is 15.6 Å². The van der Waals surface area contributed by atoms with Crippen LogP contribution in [0.15, 0.2) is 12.1 Å². The van der Waals surface area contributed by atoms with E-state index < -0.39 is 4.92 Å². The number of rotatable bonds is 7. The van der Waals surface area contributed by atoms with Crippen molar-refractivity contribution in [2.45, 2.75) is 31.8 Å². The number of pyridine rings is 1. The van der Waals surface area contributed by atoms with E-state index in [1.54, 1.807) is 13.2 Å². The maximum atomic E-state index is 11.0. The molecule has 20 heavy (non-hydrogen) atoms. The monoisotopic (exact) mass is 280 g/mol. The highest BCUT2D eigenvalue weighted by atomic mass is 16.6. The molecule has 0 aromatic carbocycles. The summed E-state index contributed by atoms with van der Waals surface area (Å²) in [5, 5.41) is 17.2. The maximum absolute atomic E-state index is 11.0. The Bertz CT molecular complexity index is 483. The molecule has 7 nitrogen and oxygen atoms in total. The van der Waals surface area contributed by atoms with Crippen molar-refractivity contribution < 1.29 is 9.66 Å². The van der Waals surface area contributed by atoms with Crippen molar-refractivity contribution in [1.82, 2.24) is 4.98 Å². The third-order valence-corrected chi connectivity index (χ3v) is 3.70. The lowest BCUT2D eigenvalue weighted by molar-refractivity contribution is -0.384. The van der Waals surface area contributed by atoms with Gasteiger partial charge in [-0.15, -0.1) is 0 Å². The average Bonchev–Trinajstić information content (AvgIpc) is 2.38. The standard InChI is InChI=1S/C13H20N4O3/c1-3-14-11-6-5-10(17(18)19)12(16-11)15-9-13(20-2)7-4-8-13/h5-6H,3-4,7-9H2,1-2H3,(H2,14,15,16). The van der Waals surface area contributed by atoms with Gasteiger partial charge >= 0.3 is 5.69 Å². The minimum Gasteiger partial charge on any atom is -0.376 e. The van der Waals surface area contributed by atoms with Crippen LogP contribution in [0.1, 0.15) is 26.2 Å². The highest BCUT2D eigenvalue weighted by Gasteiger charge is 2.37. The highest BCUT2D eigenvalue weighted by Crippen LogP contribution is 2.35. The van der Waals surface area contributed by atoms with Gasteiger partial charge in [0.25, 0.3) is 0 Å². The molecule has 0 bridgehead atoms. The molecule has 1 saturated carbocycles. The van der Waals surface area contributed by atoms with Crippen LogP contribution in [0.4, 0.5) is 17.3 Å². The molecule has 0 unspecified atom stereocenters. The van der Waals surface area contributed by atoms with E-state index in [4.69, 9.17) is 4.74 Å². The van der Waals surface area contributed by atoms with Crippen LogP contribution in [0.5, 0.6) is 0 Å². The number of nitrogens with zero attached hydrogens (tertiary/aromatic N) is 2. The van der Waals surface area contributed by atoms with Crippen LogP contribution < -0.4 is 10.6 Å². The lowest BCUT2D eigenvalue weighted by Crippen LogP contribution is -2.45. The van der Waals surface area contributed by atoms with E-state index in [1.807, 2.05) is 6.92 Å². The Morgan fingerprint density at radius 2 is 2.20 bits per heavy atom. The van der Waals surface area contributed by atoms with E-state index in [-0.39, 0.29) is 17.1 Å². The van der Waals surface area contributed by atoms with Crippen molar-refractivity contribution in [3.8, 4) is 0 Å². The zero-order valence-electron chi connectivity index (χ0n) is 11.8. The summed E-state index contributed by atoms with van der Waals surface area (Å²) in [4.78, 5) is 14.9. The Kier molecular flexibility index (Phi) is 4.39. The molecule has 2 rings (SSSR count). The Hall–Kier alpha value is -1.89. The number of anilines is 2. The molecule has 2 N–H and O–H groups in total. The Labute approximate surface area is 117 Å². The fraction of sp³-hybridized carbons (Fsp3) is 0.615. The first-order valence-electron chi connectivity index (χ1n) is 6.78. The summed E-state index contributed by atoms with van der Waals surface area (Å²) in [7, 11) is 1.68. The summed E-state index contributed by atoms with van der Waals surface area (Å²) in [5.41, 5.74) is -0.221. The Balaban J connectivity index is 2.14. The molecule has 0 aliphatic heterocycles. The van der Waals surface area contributed by atoms with E-state index in [1.165, 1.54) is 6.07 Å². The predicted molar refractivity (Wildman–Crippen MR) is 77.1 cm³/mol. The highest BCUT2D eigenvalue weighted by molar-refractivity contribution is 5.60. The van der Waals surface area contributed by atoms with Gasteiger partial charge in [-0.1, -0.05) is 0 Å². The molecule has 110 valence electrons. The van der Waals surface area contributed by atoms with Crippen LogP contribution in [-0.4, -0.2) is 35.7 Å². The zero-order valence-corrected chi connectivity index (χ0v) is 11.8. The van der Waals surface area contributed by atoms with Crippen molar-refractivity contribution >= 4 is 17.3 Å². The van der Waals surface area contributed by atoms with Crippen molar-refractivity contribution in [1.29, 1.82) is 0 Å². The van der Waals surface area contributed by atoms with E-state index in [0.29, 0.717) is 18.9 Å². The van der Waals surface area contributed by atoms with Gasteiger partial charge in [0.15, 0.2) is 0 Å². The van der Waals surface area contributed by atoms with Crippen LogP contribution in [0.2, 0.25) is 0 Å². The van der Waals surface area contributed by atoms with Gasteiger partial charge < -0.3 is 15.4 Å². The number of hydrogen-bond donors (Lipinski definition) is 2. The molecular formula is C13H20N4O3. The largest absolute Gasteiger partial charge is 0.376 e. The topological polar surface area (TPSA) is 89.3 Å². The van der Waals surface area contributed by atoms with Gasteiger partial charge in [0.2, 0.25) is 5.82 Å². The molecule has 1 aromatic heterocycles. The van der Waals surface area contributed by atoms with Gasteiger partial charge in [0.1, 0.15) is 5.82 Å². The van der Waals surface area contributed by atoms with Gasteiger partial charge in [-0.05, 0) is 32.3 Å². The molecule has 1 heterocycles. The van der Waals surface area contributed by atoms with Gasteiger partial charge in [0, 0.05) is 26.3 Å². The second-order valence-electron chi connectivity index (χ2n) is 4.95. The first-order valence-corrected chi connectivity index (χ1v) is 6.78. The van der Waals surface area contributed by atoms with Crippen LogP contribution in [0.3, 0.4) is 0 Å². The van der Waals surface area contributed by atoms with E-state index in [9.17, 15) is 10.1 Å². The summed E-state index contributed by atoms with van der Waals surface area (Å²) in [6, 6.07) is 3.08. The number of ether oxygens (including phenoxy) is 1. The van der Waals surface area contributed by atoms with Gasteiger partial charge in [-0.25, -0.2) is 4.98 Å². The predicted octanol–water partition coefficient (Wildman–Crippen LogP) is 2.40. The maximum Gasteiger partial charge on any atom is 0.311 e. The second-order valence-corrected chi connectivity index (χ2v) is 4.95. The molecule has 0 atom stereocenters. The van der Waals surface area contributed by atoms with Crippen molar-refractivity contribution in [3.05, 3.63) is 22.2 Å². The van der Waals surface area contributed by atoms with Gasteiger partial charge in [-0.2, -0.15) is 0 Å². The Morgan fingerprint density at radius 3 is 2.70 bits per heavy atom. The SMILES string of the molecule is CCNc1ccc([N+](=O)[O-])c(NCC2(OC)CCC2)n1. The molecule has 1 aromatic rings. The van der Waals surface area contributed by atoms with Crippen LogP contribution in [0.25, 0.3) is 0 Å². The average molecular weight is 280 g/mol. The molecular weight excluding hydrogens is 260 g/mol. The smallest absolute Gasteiger partial charge is 0.311 e. The quantitative estimate of drug-likeness (QED) is 0.589. The molecule has 1 aliphatic carbocycles. The first kappa shape index (κ1) is 14.5. The number of aromatic nitrogens is 1. The van der Waals surface area contributed by atoms with Gasteiger partial charge in [0.05, 0.1) is 10.5 Å². The second kappa shape index (κ2) is 6.04. The van der Waals surface area contributed by atoms with Gasteiger partial charge in [-0.3, -0.25) is 10.1 Å². The molecule has 0 radical (unpaired) electrons. The van der Waals surface area contributed by atoms with Crippen molar-refractivity contribution in [2.24, 2.45) is 0 Å². The normalized spacial score (nSPS) is 16.3. The lowest BCUT2D eigenvalue weighted by Gasteiger charge is -2.40.